The van der Waals surface area contributed by atoms with Crippen LogP contribution >= 0.6 is 11.8 Å². The minimum atomic E-state index is -0.884. The topological polar surface area (TPSA) is 81.7 Å². The van der Waals surface area contributed by atoms with E-state index in [4.69, 9.17) is 9.47 Å². The van der Waals surface area contributed by atoms with Gasteiger partial charge in [0.15, 0.2) is 6.10 Å². The average Bonchev–Trinajstić information content (AvgIpc) is 2.75. The molecule has 1 heterocycles. The second-order valence-corrected chi connectivity index (χ2v) is 4.75. The standard InChI is InChI=1S/C11H17NO5S/c1-3-5-8(10(14)16-4-2)17-9(13)7-6-18-11(15)12-7/h7-8H,3-6H2,1-2H3,(H,12,15). The average molecular weight is 275 g/mol. The molecule has 7 heteroatoms. The number of carbonyl (C=O) groups excluding carboxylic acids is 3. The zero-order chi connectivity index (χ0) is 13.5. The summed E-state index contributed by atoms with van der Waals surface area (Å²) in [4.78, 5) is 34.2. The van der Waals surface area contributed by atoms with Gasteiger partial charge in [-0.3, -0.25) is 4.79 Å². The molecule has 1 saturated heterocycles. The Hall–Kier alpha value is -1.24. The van der Waals surface area contributed by atoms with Crippen molar-refractivity contribution in [1.82, 2.24) is 5.32 Å². The van der Waals surface area contributed by atoms with Gasteiger partial charge < -0.3 is 14.8 Å². The van der Waals surface area contributed by atoms with Crippen LogP contribution in [0.25, 0.3) is 0 Å². The van der Waals surface area contributed by atoms with Crippen LogP contribution in [-0.2, 0) is 19.1 Å². The molecule has 0 aromatic carbocycles. The maximum absolute atomic E-state index is 11.7. The number of hydrogen-bond donors (Lipinski definition) is 1. The lowest BCUT2D eigenvalue weighted by molar-refractivity contribution is -0.168. The monoisotopic (exact) mass is 275 g/mol. The molecule has 1 rings (SSSR count). The molecule has 0 radical (unpaired) electrons. The molecule has 0 spiro atoms. The molecule has 6 nitrogen and oxygen atoms in total. The lowest BCUT2D eigenvalue weighted by Gasteiger charge is -2.17. The van der Waals surface area contributed by atoms with Crippen molar-refractivity contribution in [3.8, 4) is 0 Å². The lowest BCUT2D eigenvalue weighted by Crippen LogP contribution is -2.40. The molecule has 0 aromatic heterocycles. The lowest BCUT2D eigenvalue weighted by atomic mass is 10.2. The molecule has 2 atom stereocenters. The molecule has 1 N–H and O–H groups in total. The number of amides is 1. The Morgan fingerprint density at radius 3 is 2.72 bits per heavy atom. The van der Waals surface area contributed by atoms with Gasteiger partial charge in [0.2, 0.25) is 0 Å². The van der Waals surface area contributed by atoms with E-state index in [1.807, 2.05) is 6.92 Å². The van der Waals surface area contributed by atoms with Crippen LogP contribution in [0.4, 0.5) is 4.79 Å². The van der Waals surface area contributed by atoms with Gasteiger partial charge in [-0.1, -0.05) is 25.1 Å². The van der Waals surface area contributed by atoms with Crippen molar-refractivity contribution in [3.05, 3.63) is 0 Å². The SMILES string of the molecule is CCCC(OC(=O)C1CSC(=O)N1)C(=O)OCC. The number of hydrogen-bond acceptors (Lipinski definition) is 6. The Morgan fingerprint density at radius 1 is 1.50 bits per heavy atom. The maximum atomic E-state index is 11.7. The van der Waals surface area contributed by atoms with Gasteiger partial charge in [-0.05, 0) is 13.3 Å². The molecule has 18 heavy (non-hydrogen) atoms. The van der Waals surface area contributed by atoms with Crippen LogP contribution in [0, 0.1) is 0 Å². The molecule has 1 aliphatic heterocycles. The fraction of sp³-hybridized carbons (Fsp3) is 0.727. The summed E-state index contributed by atoms with van der Waals surface area (Å²) in [5.74, 6) is -0.788. The number of rotatable bonds is 6. The first kappa shape index (κ1) is 14.8. The quantitative estimate of drug-likeness (QED) is 0.731. The largest absolute Gasteiger partial charge is 0.463 e. The molecule has 2 unspecified atom stereocenters. The molecule has 0 saturated carbocycles. The number of thioether (sulfide) groups is 1. The number of nitrogens with one attached hydrogen (secondary N) is 1. The maximum Gasteiger partial charge on any atom is 0.347 e. The molecule has 0 aromatic rings. The molecular formula is C11H17NO5S. The third kappa shape index (κ3) is 4.21. The second-order valence-electron chi connectivity index (χ2n) is 3.76. The van der Waals surface area contributed by atoms with Crippen molar-refractivity contribution >= 4 is 28.9 Å². The van der Waals surface area contributed by atoms with Gasteiger partial charge in [-0.15, -0.1) is 0 Å². The number of ether oxygens (including phenoxy) is 2. The smallest absolute Gasteiger partial charge is 0.347 e. The molecule has 0 bridgehead atoms. The number of carbonyl (C=O) groups is 3. The van der Waals surface area contributed by atoms with E-state index >= 15 is 0 Å². The summed E-state index contributed by atoms with van der Waals surface area (Å²) in [5, 5.41) is 2.22. The number of esters is 2. The van der Waals surface area contributed by atoms with Gasteiger partial charge >= 0.3 is 11.9 Å². The Bertz CT molecular complexity index is 333. The Labute approximate surface area is 110 Å². The molecule has 0 aliphatic carbocycles. The zero-order valence-corrected chi connectivity index (χ0v) is 11.2. The van der Waals surface area contributed by atoms with Crippen LogP contribution < -0.4 is 5.32 Å². The molecule has 1 aliphatic rings. The first-order valence-corrected chi connectivity index (χ1v) is 6.87. The highest BCUT2D eigenvalue weighted by Gasteiger charge is 2.33. The normalized spacial score (nSPS) is 20.1. The second kappa shape index (κ2) is 7.25. The summed E-state index contributed by atoms with van der Waals surface area (Å²) < 4.78 is 9.93. The van der Waals surface area contributed by atoms with Crippen LogP contribution in [-0.4, -0.2) is 41.7 Å². The fourth-order valence-electron chi connectivity index (χ4n) is 1.46. The molecular weight excluding hydrogens is 258 g/mol. The van der Waals surface area contributed by atoms with Crippen molar-refractivity contribution in [2.75, 3.05) is 12.4 Å². The highest BCUT2D eigenvalue weighted by molar-refractivity contribution is 8.14. The van der Waals surface area contributed by atoms with Gasteiger partial charge in [0.1, 0.15) is 6.04 Å². The van der Waals surface area contributed by atoms with Gasteiger partial charge in [0.05, 0.1) is 6.61 Å². The van der Waals surface area contributed by atoms with E-state index in [0.717, 1.165) is 11.8 Å². The van der Waals surface area contributed by atoms with E-state index in [2.05, 4.69) is 5.32 Å². The van der Waals surface area contributed by atoms with Crippen LogP contribution in [0.1, 0.15) is 26.7 Å². The summed E-state index contributed by atoms with van der Waals surface area (Å²) in [6.07, 6.45) is 0.228. The van der Waals surface area contributed by atoms with Crippen LogP contribution in [0.15, 0.2) is 0 Å². The highest BCUT2D eigenvalue weighted by Crippen LogP contribution is 2.15. The summed E-state index contributed by atoms with van der Waals surface area (Å²) in [6, 6.07) is -0.670. The third-order valence-corrected chi connectivity index (χ3v) is 3.20. The van der Waals surface area contributed by atoms with Crippen molar-refractivity contribution in [1.29, 1.82) is 0 Å². The Morgan fingerprint density at radius 2 is 2.22 bits per heavy atom. The van der Waals surface area contributed by atoms with E-state index in [1.165, 1.54) is 0 Å². The van der Waals surface area contributed by atoms with E-state index in [0.29, 0.717) is 18.6 Å². The summed E-state index contributed by atoms with van der Waals surface area (Å²) >= 11 is 1.03. The van der Waals surface area contributed by atoms with E-state index in [-0.39, 0.29) is 11.8 Å². The van der Waals surface area contributed by atoms with Gasteiger partial charge in [-0.25, -0.2) is 9.59 Å². The van der Waals surface area contributed by atoms with Gasteiger partial charge in [0.25, 0.3) is 5.24 Å². The van der Waals surface area contributed by atoms with E-state index in [9.17, 15) is 14.4 Å². The van der Waals surface area contributed by atoms with Gasteiger partial charge in [0, 0.05) is 5.75 Å². The predicted octanol–water partition coefficient (Wildman–Crippen LogP) is 1.09. The Kier molecular flexibility index (Phi) is 5.97. The third-order valence-electron chi connectivity index (χ3n) is 2.32. The van der Waals surface area contributed by atoms with Crippen molar-refractivity contribution in [2.24, 2.45) is 0 Å². The van der Waals surface area contributed by atoms with E-state index in [1.54, 1.807) is 6.92 Å². The van der Waals surface area contributed by atoms with Gasteiger partial charge in [-0.2, -0.15) is 0 Å². The Balaban J connectivity index is 2.51. The molecule has 1 fully saturated rings. The summed E-state index contributed by atoms with van der Waals surface area (Å²) in [6.45, 7) is 3.82. The fourth-order valence-corrected chi connectivity index (χ4v) is 2.22. The molecule has 1 amide bonds. The minimum Gasteiger partial charge on any atom is -0.463 e. The summed E-state index contributed by atoms with van der Waals surface area (Å²) in [7, 11) is 0. The first-order chi connectivity index (χ1) is 8.58. The van der Waals surface area contributed by atoms with Crippen LogP contribution in [0.2, 0.25) is 0 Å². The van der Waals surface area contributed by atoms with Crippen LogP contribution in [0.3, 0.4) is 0 Å². The summed E-state index contributed by atoms with van der Waals surface area (Å²) in [5.41, 5.74) is 0. The zero-order valence-electron chi connectivity index (χ0n) is 10.4. The van der Waals surface area contributed by atoms with E-state index < -0.39 is 24.1 Å². The first-order valence-electron chi connectivity index (χ1n) is 5.88. The molecule has 102 valence electrons. The van der Waals surface area contributed by atoms with Crippen molar-refractivity contribution in [2.45, 2.75) is 38.8 Å². The predicted molar refractivity (Wildman–Crippen MR) is 66.2 cm³/mol. The van der Waals surface area contributed by atoms with Crippen LogP contribution in [0.5, 0.6) is 0 Å². The van der Waals surface area contributed by atoms with Crippen molar-refractivity contribution < 1.29 is 23.9 Å². The highest BCUT2D eigenvalue weighted by atomic mass is 32.2. The van der Waals surface area contributed by atoms with Crippen molar-refractivity contribution in [3.63, 3.8) is 0 Å². The minimum absolute atomic E-state index is 0.243.